The number of nitrogens with one attached hydrogen (secondary N) is 1. The quantitative estimate of drug-likeness (QED) is 0.272. The van der Waals surface area contributed by atoms with Gasteiger partial charge in [0.05, 0.1) is 12.1 Å². The lowest BCUT2D eigenvalue weighted by Crippen LogP contribution is -2.40. The second-order valence-electron chi connectivity index (χ2n) is 3.98. The van der Waals surface area contributed by atoms with Crippen LogP contribution >= 0.6 is 0 Å². The molecular formula is C10H21N3O2. The first-order valence-corrected chi connectivity index (χ1v) is 5.56. The van der Waals surface area contributed by atoms with Crippen molar-refractivity contribution in [1.82, 2.24) is 5.32 Å². The number of rotatable bonds is 5. The summed E-state index contributed by atoms with van der Waals surface area (Å²) >= 11 is 0. The van der Waals surface area contributed by atoms with Crippen LogP contribution in [-0.2, 0) is 4.74 Å². The Balaban J connectivity index is 2.09. The van der Waals surface area contributed by atoms with E-state index in [1.165, 1.54) is 12.8 Å². The molecule has 88 valence electrons. The average molecular weight is 215 g/mol. The maximum absolute atomic E-state index is 8.45. The second kappa shape index (κ2) is 6.63. The average Bonchev–Trinajstić information content (AvgIpc) is 2.29. The minimum absolute atomic E-state index is 0.0846. The van der Waals surface area contributed by atoms with Gasteiger partial charge in [-0.1, -0.05) is 5.16 Å². The zero-order valence-electron chi connectivity index (χ0n) is 9.28. The minimum atomic E-state index is -0.0846. The van der Waals surface area contributed by atoms with E-state index in [4.69, 9.17) is 15.7 Å². The summed E-state index contributed by atoms with van der Waals surface area (Å²) in [6.45, 7) is 3.60. The van der Waals surface area contributed by atoms with Gasteiger partial charge in [-0.3, -0.25) is 0 Å². The molecule has 2 unspecified atom stereocenters. The Hall–Kier alpha value is -0.810. The highest BCUT2D eigenvalue weighted by Crippen LogP contribution is 2.14. The Kier molecular flexibility index (Phi) is 5.42. The van der Waals surface area contributed by atoms with E-state index in [9.17, 15) is 0 Å². The first-order chi connectivity index (χ1) is 7.24. The van der Waals surface area contributed by atoms with Crippen molar-refractivity contribution in [2.75, 3.05) is 13.2 Å². The highest BCUT2D eigenvalue weighted by Gasteiger charge is 2.14. The third-order valence-electron chi connectivity index (χ3n) is 2.75. The lowest BCUT2D eigenvalue weighted by Gasteiger charge is -2.23. The SMILES string of the molecule is CC(NCCC1CCCCO1)C(N)=NO. The number of ether oxygens (including phenoxy) is 1. The van der Waals surface area contributed by atoms with E-state index in [0.29, 0.717) is 6.10 Å². The number of hydrogen-bond acceptors (Lipinski definition) is 4. The van der Waals surface area contributed by atoms with Crippen LogP contribution in [0.5, 0.6) is 0 Å². The molecule has 1 aliphatic heterocycles. The molecule has 1 heterocycles. The van der Waals surface area contributed by atoms with Crippen molar-refractivity contribution < 1.29 is 9.94 Å². The number of oxime groups is 1. The zero-order valence-corrected chi connectivity index (χ0v) is 9.28. The molecule has 0 aromatic rings. The summed E-state index contributed by atoms with van der Waals surface area (Å²) in [6, 6.07) is -0.0846. The van der Waals surface area contributed by atoms with Gasteiger partial charge in [0, 0.05) is 6.61 Å². The van der Waals surface area contributed by atoms with E-state index >= 15 is 0 Å². The van der Waals surface area contributed by atoms with Gasteiger partial charge < -0.3 is 21.0 Å². The molecule has 0 spiro atoms. The topological polar surface area (TPSA) is 79.9 Å². The normalized spacial score (nSPS) is 25.1. The van der Waals surface area contributed by atoms with E-state index in [1.807, 2.05) is 6.92 Å². The Morgan fingerprint density at radius 2 is 2.47 bits per heavy atom. The van der Waals surface area contributed by atoms with Crippen LogP contribution in [0.2, 0.25) is 0 Å². The summed E-state index contributed by atoms with van der Waals surface area (Å²) in [5.74, 6) is 0.222. The lowest BCUT2D eigenvalue weighted by molar-refractivity contribution is 0.0115. The highest BCUT2D eigenvalue weighted by molar-refractivity contribution is 5.84. The van der Waals surface area contributed by atoms with Crippen molar-refractivity contribution in [2.45, 2.75) is 44.8 Å². The Bertz CT molecular complexity index is 203. The van der Waals surface area contributed by atoms with Crippen LogP contribution in [0.15, 0.2) is 5.16 Å². The van der Waals surface area contributed by atoms with Crippen LogP contribution in [0.4, 0.5) is 0 Å². The van der Waals surface area contributed by atoms with Gasteiger partial charge in [-0.05, 0) is 39.2 Å². The fourth-order valence-electron chi connectivity index (χ4n) is 1.69. The number of nitrogens with two attached hydrogens (primary N) is 1. The highest BCUT2D eigenvalue weighted by atomic mass is 16.5. The van der Waals surface area contributed by atoms with Crippen molar-refractivity contribution in [3.8, 4) is 0 Å². The molecule has 0 radical (unpaired) electrons. The van der Waals surface area contributed by atoms with E-state index in [2.05, 4.69) is 10.5 Å². The molecule has 1 fully saturated rings. The fraction of sp³-hybridized carbons (Fsp3) is 0.900. The summed E-state index contributed by atoms with van der Waals surface area (Å²) in [6.07, 6.45) is 4.97. The summed E-state index contributed by atoms with van der Waals surface area (Å²) in [5.41, 5.74) is 5.44. The number of hydrogen-bond donors (Lipinski definition) is 3. The van der Waals surface area contributed by atoms with Crippen LogP contribution in [0, 0.1) is 0 Å². The zero-order chi connectivity index (χ0) is 11.1. The molecule has 0 saturated carbocycles. The maximum Gasteiger partial charge on any atom is 0.156 e. The first-order valence-electron chi connectivity index (χ1n) is 5.56. The summed E-state index contributed by atoms with van der Waals surface area (Å²) in [7, 11) is 0. The fourth-order valence-corrected chi connectivity index (χ4v) is 1.69. The lowest BCUT2D eigenvalue weighted by atomic mass is 10.1. The van der Waals surface area contributed by atoms with Gasteiger partial charge in [0.15, 0.2) is 5.84 Å². The molecule has 2 atom stereocenters. The molecule has 1 aliphatic rings. The summed E-state index contributed by atoms with van der Waals surface area (Å²) in [4.78, 5) is 0. The minimum Gasteiger partial charge on any atom is -0.409 e. The van der Waals surface area contributed by atoms with E-state index < -0.39 is 0 Å². The largest absolute Gasteiger partial charge is 0.409 e. The second-order valence-corrected chi connectivity index (χ2v) is 3.98. The molecule has 0 bridgehead atoms. The van der Waals surface area contributed by atoms with Crippen LogP contribution in [0.25, 0.3) is 0 Å². The Morgan fingerprint density at radius 1 is 1.67 bits per heavy atom. The third kappa shape index (κ3) is 4.48. The first kappa shape index (κ1) is 12.3. The summed E-state index contributed by atoms with van der Waals surface area (Å²) in [5, 5.41) is 14.6. The van der Waals surface area contributed by atoms with Crippen molar-refractivity contribution in [3.63, 3.8) is 0 Å². The van der Waals surface area contributed by atoms with Gasteiger partial charge in [0.2, 0.25) is 0 Å². The summed E-state index contributed by atoms with van der Waals surface area (Å²) < 4.78 is 5.60. The molecule has 5 nitrogen and oxygen atoms in total. The third-order valence-corrected chi connectivity index (χ3v) is 2.75. The molecule has 1 rings (SSSR count). The van der Waals surface area contributed by atoms with Crippen molar-refractivity contribution >= 4 is 5.84 Å². The van der Waals surface area contributed by atoms with Gasteiger partial charge in [-0.2, -0.15) is 0 Å². The molecule has 4 N–H and O–H groups in total. The predicted octanol–water partition coefficient (Wildman–Crippen LogP) is 0.670. The molecule has 5 heteroatoms. The standard InChI is InChI=1S/C10H21N3O2/c1-8(10(11)13-14)12-6-5-9-4-2-3-7-15-9/h8-9,12,14H,2-7H2,1H3,(H2,11,13). The van der Waals surface area contributed by atoms with Crippen LogP contribution in [0.3, 0.4) is 0 Å². The van der Waals surface area contributed by atoms with Gasteiger partial charge in [0.1, 0.15) is 0 Å². The number of amidine groups is 1. The van der Waals surface area contributed by atoms with Crippen LogP contribution < -0.4 is 11.1 Å². The van der Waals surface area contributed by atoms with E-state index in [1.54, 1.807) is 0 Å². The van der Waals surface area contributed by atoms with Crippen LogP contribution in [-0.4, -0.2) is 36.3 Å². The monoisotopic (exact) mass is 215 g/mol. The smallest absolute Gasteiger partial charge is 0.156 e. The van der Waals surface area contributed by atoms with Gasteiger partial charge >= 0.3 is 0 Å². The molecule has 0 aliphatic carbocycles. The molecule has 1 saturated heterocycles. The van der Waals surface area contributed by atoms with Gasteiger partial charge in [-0.15, -0.1) is 0 Å². The maximum atomic E-state index is 8.45. The molecule has 0 aromatic carbocycles. The van der Waals surface area contributed by atoms with Crippen molar-refractivity contribution in [1.29, 1.82) is 0 Å². The van der Waals surface area contributed by atoms with Crippen LogP contribution in [0.1, 0.15) is 32.6 Å². The molecular weight excluding hydrogens is 194 g/mol. The van der Waals surface area contributed by atoms with Crippen molar-refractivity contribution in [2.24, 2.45) is 10.9 Å². The Morgan fingerprint density at radius 3 is 3.07 bits per heavy atom. The van der Waals surface area contributed by atoms with Gasteiger partial charge in [0.25, 0.3) is 0 Å². The van der Waals surface area contributed by atoms with Crippen molar-refractivity contribution in [3.05, 3.63) is 0 Å². The van der Waals surface area contributed by atoms with E-state index in [-0.39, 0.29) is 11.9 Å². The molecule has 0 aromatic heterocycles. The number of nitrogens with zero attached hydrogens (tertiary/aromatic N) is 1. The molecule has 0 amide bonds. The molecule has 15 heavy (non-hydrogen) atoms. The van der Waals surface area contributed by atoms with E-state index in [0.717, 1.165) is 26.0 Å². The Labute approximate surface area is 90.7 Å². The predicted molar refractivity (Wildman–Crippen MR) is 59.1 cm³/mol. The van der Waals surface area contributed by atoms with Gasteiger partial charge in [-0.25, -0.2) is 0 Å².